The monoisotopic (exact) mass is 529 g/mol. The van der Waals surface area contributed by atoms with Crippen LogP contribution in [-0.4, -0.2) is 39.0 Å². The normalized spacial score (nSPS) is 14.1. The number of nitrogen functional groups attached to an aromatic ring is 1. The average molecular weight is 530 g/mol. The molecule has 10 heteroatoms. The van der Waals surface area contributed by atoms with E-state index in [-0.39, 0.29) is 5.91 Å². The number of anilines is 4. The largest absolute Gasteiger partial charge is 0.382 e. The molecule has 0 aliphatic carbocycles. The number of aryl methyl sites for hydroxylation is 1. The van der Waals surface area contributed by atoms with E-state index in [0.717, 1.165) is 23.4 Å². The van der Waals surface area contributed by atoms with Gasteiger partial charge in [0, 0.05) is 29.1 Å². The van der Waals surface area contributed by atoms with Crippen LogP contribution >= 0.6 is 11.3 Å². The van der Waals surface area contributed by atoms with E-state index in [9.17, 15) is 4.79 Å². The van der Waals surface area contributed by atoms with Crippen LogP contribution in [0.3, 0.4) is 0 Å². The summed E-state index contributed by atoms with van der Waals surface area (Å²) in [4.78, 5) is 24.4. The number of carbonyl (C=O) groups excluding carboxylic acids is 1. The summed E-state index contributed by atoms with van der Waals surface area (Å²) in [6, 6.07) is 14.0. The fourth-order valence-electron chi connectivity index (χ4n) is 4.28. The molecule has 1 aliphatic rings. The minimum atomic E-state index is -0.158. The van der Waals surface area contributed by atoms with Gasteiger partial charge in [-0.1, -0.05) is 40.8 Å². The van der Waals surface area contributed by atoms with E-state index in [4.69, 9.17) is 10.3 Å². The molecule has 0 atom stereocenters. The van der Waals surface area contributed by atoms with Gasteiger partial charge in [-0.25, -0.2) is 4.98 Å². The molecule has 0 bridgehead atoms. The highest BCUT2D eigenvalue weighted by Gasteiger charge is 2.20. The van der Waals surface area contributed by atoms with Crippen LogP contribution in [0.1, 0.15) is 37.8 Å². The molecule has 4 N–H and O–H groups in total. The fraction of sp³-hybridized carbons (Fsp3) is 0.286. The summed E-state index contributed by atoms with van der Waals surface area (Å²) in [6.07, 6.45) is 4.34. The Bertz CT molecular complexity index is 1470. The lowest BCUT2D eigenvalue weighted by atomic mass is 10.1. The lowest BCUT2D eigenvalue weighted by molar-refractivity contribution is -0.112. The molecular weight excluding hydrogens is 498 g/mol. The molecule has 0 unspecified atom stereocenters. The molecule has 5 rings (SSSR count). The van der Waals surface area contributed by atoms with Crippen LogP contribution in [0.15, 0.2) is 58.6 Å². The molecule has 0 radical (unpaired) electrons. The van der Waals surface area contributed by atoms with E-state index in [2.05, 4.69) is 54.9 Å². The summed E-state index contributed by atoms with van der Waals surface area (Å²) in [5.41, 5.74) is 11.4. The van der Waals surface area contributed by atoms with Crippen LogP contribution in [0, 0.1) is 6.92 Å². The van der Waals surface area contributed by atoms with E-state index < -0.39 is 0 Å². The molecule has 0 spiro atoms. The number of aromatic nitrogens is 3. The van der Waals surface area contributed by atoms with Gasteiger partial charge in [0.15, 0.2) is 5.13 Å². The summed E-state index contributed by atoms with van der Waals surface area (Å²) >= 11 is 1.35. The molecular formula is C28H31N7O2S. The number of allylic oxidation sites excluding steroid dienone is 1. The molecule has 1 amide bonds. The van der Waals surface area contributed by atoms with Crippen molar-refractivity contribution >= 4 is 39.6 Å². The number of hydrogen-bond acceptors (Lipinski definition) is 9. The zero-order valence-corrected chi connectivity index (χ0v) is 22.6. The Morgan fingerprint density at radius 3 is 2.61 bits per heavy atom. The highest BCUT2D eigenvalue weighted by Crippen LogP contribution is 2.36. The molecule has 38 heavy (non-hydrogen) atoms. The van der Waals surface area contributed by atoms with E-state index >= 15 is 0 Å². The Morgan fingerprint density at radius 2 is 1.87 bits per heavy atom. The molecule has 2 aromatic heterocycles. The first-order valence-corrected chi connectivity index (χ1v) is 13.4. The van der Waals surface area contributed by atoms with E-state index in [1.165, 1.54) is 42.8 Å². The first-order chi connectivity index (χ1) is 18.4. The molecule has 1 saturated heterocycles. The van der Waals surface area contributed by atoms with E-state index in [1.54, 1.807) is 13.0 Å². The third kappa shape index (κ3) is 5.76. The number of rotatable bonds is 8. The number of hydrogen-bond donors (Lipinski definition) is 3. The Hall–Kier alpha value is -4.02. The summed E-state index contributed by atoms with van der Waals surface area (Å²) < 4.78 is 5.56. The van der Waals surface area contributed by atoms with Crippen LogP contribution in [0.4, 0.5) is 22.3 Å². The van der Waals surface area contributed by atoms with Gasteiger partial charge < -0.3 is 20.9 Å². The summed E-state index contributed by atoms with van der Waals surface area (Å²) in [6.45, 7) is 8.89. The maximum absolute atomic E-state index is 12.3. The second kappa shape index (κ2) is 11.2. The SMILES string of the molecule is C/C=C(\C)C(=O)Nc1ccc(C)c(-c2noc(-c3sc(Nc4ccc(CN5CCCC5)cc4)nc3N)n2)c1. The van der Waals surface area contributed by atoms with Gasteiger partial charge in [0.05, 0.1) is 0 Å². The van der Waals surface area contributed by atoms with Crippen molar-refractivity contribution in [2.75, 3.05) is 29.5 Å². The lowest BCUT2D eigenvalue weighted by Gasteiger charge is -2.14. The van der Waals surface area contributed by atoms with E-state index in [1.807, 2.05) is 32.0 Å². The summed E-state index contributed by atoms with van der Waals surface area (Å²) in [5, 5.41) is 11.0. The number of likely N-dealkylation sites (tertiary alicyclic amines) is 1. The number of carbonyl (C=O) groups is 1. The molecule has 1 fully saturated rings. The highest BCUT2D eigenvalue weighted by atomic mass is 32.1. The average Bonchev–Trinajstić information content (AvgIpc) is 3.67. The van der Waals surface area contributed by atoms with Gasteiger partial charge in [-0.2, -0.15) is 4.98 Å². The molecule has 1 aliphatic heterocycles. The van der Waals surface area contributed by atoms with Crippen molar-refractivity contribution in [2.45, 2.75) is 40.2 Å². The van der Waals surface area contributed by atoms with Gasteiger partial charge in [-0.15, -0.1) is 0 Å². The number of amides is 1. The van der Waals surface area contributed by atoms with E-state index in [0.29, 0.717) is 38.8 Å². The van der Waals surface area contributed by atoms with Crippen LogP contribution in [0.5, 0.6) is 0 Å². The number of nitrogens with one attached hydrogen (secondary N) is 2. The zero-order chi connectivity index (χ0) is 26.6. The highest BCUT2D eigenvalue weighted by molar-refractivity contribution is 7.19. The molecule has 3 heterocycles. The number of benzene rings is 2. The number of thiazole rings is 1. The van der Waals surface area contributed by atoms with Crippen molar-refractivity contribution < 1.29 is 9.32 Å². The second-order valence-corrected chi connectivity index (χ2v) is 10.4. The molecule has 196 valence electrons. The van der Waals surface area contributed by atoms with Gasteiger partial charge in [0.1, 0.15) is 10.7 Å². The van der Waals surface area contributed by atoms with Crippen LogP contribution in [-0.2, 0) is 11.3 Å². The lowest BCUT2D eigenvalue weighted by Crippen LogP contribution is -2.18. The maximum Gasteiger partial charge on any atom is 0.272 e. The minimum absolute atomic E-state index is 0.158. The summed E-state index contributed by atoms with van der Waals surface area (Å²) in [5.74, 6) is 0.864. The van der Waals surface area contributed by atoms with Crippen LogP contribution in [0.2, 0.25) is 0 Å². The third-order valence-electron chi connectivity index (χ3n) is 6.61. The standard InChI is InChI=1S/C28H31N7O2S/c1-4-17(2)26(36)30-21-10-7-18(3)22(15-21)25-33-27(37-34-25)23-24(29)32-28(38-23)31-20-11-8-19(9-12-20)16-35-13-5-6-14-35/h4,7-12,15H,5-6,13-14,16,29H2,1-3H3,(H,30,36)(H,31,32)/b17-4+. The molecule has 0 saturated carbocycles. The van der Waals surface area contributed by atoms with Gasteiger partial charge >= 0.3 is 0 Å². The fourth-order valence-corrected chi connectivity index (χ4v) is 5.11. The van der Waals surface area contributed by atoms with Gasteiger partial charge in [0.2, 0.25) is 5.82 Å². The van der Waals surface area contributed by atoms with Crippen molar-refractivity contribution in [1.82, 2.24) is 20.0 Å². The van der Waals surface area contributed by atoms with Crippen LogP contribution < -0.4 is 16.4 Å². The second-order valence-electron chi connectivity index (χ2n) is 9.42. The van der Waals surface area contributed by atoms with Gasteiger partial charge in [-0.05, 0) is 82.1 Å². The molecule has 4 aromatic rings. The topological polar surface area (TPSA) is 122 Å². The smallest absolute Gasteiger partial charge is 0.272 e. The Morgan fingerprint density at radius 1 is 1.13 bits per heavy atom. The first kappa shape index (κ1) is 25.6. The molecule has 2 aromatic carbocycles. The van der Waals surface area contributed by atoms with Crippen molar-refractivity contribution in [2.24, 2.45) is 0 Å². The third-order valence-corrected chi connectivity index (χ3v) is 7.59. The van der Waals surface area contributed by atoms with Crippen molar-refractivity contribution in [1.29, 1.82) is 0 Å². The summed E-state index contributed by atoms with van der Waals surface area (Å²) in [7, 11) is 0. The van der Waals surface area contributed by atoms with Gasteiger partial charge in [-0.3, -0.25) is 9.69 Å². The predicted molar refractivity (Wildman–Crippen MR) is 152 cm³/mol. The number of nitrogens with two attached hydrogens (primary N) is 1. The Kier molecular flexibility index (Phi) is 7.52. The quantitative estimate of drug-likeness (QED) is 0.238. The van der Waals surface area contributed by atoms with Crippen molar-refractivity contribution in [3.05, 3.63) is 65.2 Å². The van der Waals surface area contributed by atoms with Crippen LogP contribution in [0.25, 0.3) is 22.2 Å². The van der Waals surface area contributed by atoms with Gasteiger partial charge in [0.25, 0.3) is 11.8 Å². The minimum Gasteiger partial charge on any atom is -0.382 e. The predicted octanol–water partition coefficient (Wildman–Crippen LogP) is 5.99. The Balaban J connectivity index is 1.30. The van der Waals surface area contributed by atoms with Crippen molar-refractivity contribution in [3.63, 3.8) is 0 Å². The molecule has 9 nitrogen and oxygen atoms in total. The number of nitrogens with zero attached hydrogens (tertiary/aromatic N) is 4. The maximum atomic E-state index is 12.3. The zero-order valence-electron chi connectivity index (χ0n) is 21.7. The van der Waals surface area contributed by atoms with Crippen molar-refractivity contribution in [3.8, 4) is 22.2 Å². The Labute approximate surface area is 225 Å². The first-order valence-electron chi connectivity index (χ1n) is 12.6.